The number of hydrogen-bond donors (Lipinski definition) is 2. The van der Waals surface area contributed by atoms with Crippen LogP contribution in [-0.4, -0.2) is 18.5 Å². The Kier molecular flexibility index (Phi) is 7.91. The number of hydrogen-bond acceptors (Lipinski definition) is 2. The van der Waals surface area contributed by atoms with Crippen LogP contribution >= 0.6 is 12.4 Å². The average Bonchev–Trinajstić information content (AvgIpc) is 2.90. The van der Waals surface area contributed by atoms with Crippen LogP contribution in [0.5, 0.6) is 0 Å². The highest BCUT2D eigenvalue weighted by Gasteiger charge is 2.27. The Morgan fingerprint density at radius 1 is 1.27 bits per heavy atom. The zero-order chi connectivity index (χ0) is 15.2. The monoisotopic (exact) mass is 324 g/mol. The summed E-state index contributed by atoms with van der Waals surface area (Å²) in [5.41, 5.74) is 8.57. The van der Waals surface area contributed by atoms with Gasteiger partial charge in [-0.2, -0.15) is 0 Å². The average molecular weight is 325 g/mol. The van der Waals surface area contributed by atoms with Gasteiger partial charge in [0.2, 0.25) is 5.91 Å². The molecule has 2 rings (SSSR count). The molecule has 2 unspecified atom stereocenters. The van der Waals surface area contributed by atoms with E-state index in [4.69, 9.17) is 5.73 Å². The second-order valence-corrected chi connectivity index (χ2v) is 6.56. The molecule has 124 valence electrons. The van der Waals surface area contributed by atoms with Crippen LogP contribution in [0.3, 0.4) is 0 Å². The van der Waals surface area contributed by atoms with Crippen LogP contribution in [0, 0.1) is 5.92 Å². The smallest absolute Gasteiger partial charge is 0.223 e. The van der Waals surface area contributed by atoms with Gasteiger partial charge < -0.3 is 11.1 Å². The molecule has 0 radical (unpaired) electrons. The lowest BCUT2D eigenvalue weighted by Gasteiger charge is -2.11. The third kappa shape index (κ3) is 5.62. The van der Waals surface area contributed by atoms with E-state index in [9.17, 15) is 4.79 Å². The first kappa shape index (κ1) is 19.0. The molecule has 1 aliphatic carbocycles. The van der Waals surface area contributed by atoms with Crippen molar-refractivity contribution in [2.75, 3.05) is 6.54 Å². The normalized spacial score (nSPS) is 20.7. The molecule has 4 heteroatoms. The zero-order valence-electron chi connectivity index (χ0n) is 13.7. The highest BCUT2D eigenvalue weighted by Crippen LogP contribution is 2.24. The third-order valence-corrected chi connectivity index (χ3v) is 4.43. The van der Waals surface area contributed by atoms with E-state index < -0.39 is 0 Å². The summed E-state index contributed by atoms with van der Waals surface area (Å²) in [6, 6.07) is 9.04. The summed E-state index contributed by atoms with van der Waals surface area (Å²) in [4.78, 5) is 12.0. The van der Waals surface area contributed by atoms with Crippen LogP contribution in [-0.2, 0) is 11.2 Å². The predicted molar refractivity (Wildman–Crippen MR) is 94.4 cm³/mol. The van der Waals surface area contributed by atoms with Gasteiger partial charge >= 0.3 is 0 Å². The highest BCUT2D eigenvalue weighted by molar-refractivity contribution is 5.85. The quantitative estimate of drug-likeness (QED) is 0.788. The first-order valence-corrected chi connectivity index (χ1v) is 8.18. The number of aryl methyl sites for hydroxylation is 1. The molecule has 0 aliphatic heterocycles. The van der Waals surface area contributed by atoms with Crippen LogP contribution in [0.2, 0.25) is 0 Å². The van der Waals surface area contributed by atoms with Crippen LogP contribution in [0.25, 0.3) is 0 Å². The minimum absolute atomic E-state index is 0. The van der Waals surface area contributed by atoms with Gasteiger partial charge in [0.1, 0.15) is 0 Å². The first-order valence-electron chi connectivity index (χ1n) is 8.18. The molecule has 0 heterocycles. The summed E-state index contributed by atoms with van der Waals surface area (Å²) in [7, 11) is 0. The summed E-state index contributed by atoms with van der Waals surface area (Å²) in [5.74, 6) is 0.916. The number of carbonyl (C=O) groups is 1. The van der Waals surface area contributed by atoms with Gasteiger partial charge in [-0.05, 0) is 49.1 Å². The van der Waals surface area contributed by atoms with Crippen LogP contribution in [0.4, 0.5) is 0 Å². The van der Waals surface area contributed by atoms with E-state index >= 15 is 0 Å². The van der Waals surface area contributed by atoms with Gasteiger partial charge in [-0.15, -0.1) is 12.4 Å². The van der Waals surface area contributed by atoms with Crippen molar-refractivity contribution < 1.29 is 4.79 Å². The molecule has 2 atom stereocenters. The molecule has 0 saturated heterocycles. The molecular weight excluding hydrogens is 296 g/mol. The second-order valence-electron chi connectivity index (χ2n) is 6.56. The van der Waals surface area contributed by atoms with Gasteiger partial charge in [0, 0.05) is 18.5 Å². The predicted octanol–water partition coefficient (Wildman–Crippen LogP) is 3.41. The third-order valence-electron chi connectivity index (χ3n) is 4.43. The Bertz CT molecular complexity index is 459. The van der Waals surface area contributed by atoms with Crippen molar-refractivity contribution in [3.05, 3.63) is 35.4 Å². The molecule has 22 heavy (non-hydrogen) atoms. The standard InChI is InChI=1S/C18H28N2O.ClH/c1-13(2)15-7-5-14(6-8-15)4-3-11-20-18(21)16-9-10-17(19)12-16;/h5-8,13,16-17H,3-4,9-12,19H2,1-2H3,(H,20,21);1H. The van der Waals surface area contributed by atoms with E-state index in [1.165, 1.54) is 11.1 Å². The van der Waals surface area contributed by atoms with E-state index in [0.717, 1.165) is 38.6 Å². The molecule has 1 saturated carbocycles. The Morgan fingerprint density at radius 3 is 2.50 bits per heavy atom. The Hall–Kier alpha value is -1.06. The second kappa shape index (κ2) is 9.16. The first-order chi connectivity index (χ1) is 10.1. The Labute approximate surface area is 140 Å². The maximum absolute atomic E-state index is 12.0. The lowest BCUT2D eigenvalue weighted by Crippen LogP contribution is -2.31. The van der Waals surface area contributed by atoms with Crippen molar-refractivity contribution in [2.45, 2.75) is 57.9 Å². The Balaban J connectivity index is 0.00000242. The summed E-state index contributed by atoms with van der Waals surface area (Å²) >= 11 is 0. The lowest BCUT2D eigenvalue weighted by atomic mass is 10.0. The molecule has 3 N–H and O–H groups in total. The minimum Gasteiger partial charge on any atom is -0.356 e. The molecule has 3 nitrogen and oxygen atoms in total. The molecule has 1 aromatic rings. The summed E-state index contributed by atoms with van der Waals surface area (Å²) < 4.78 is 0. The van der Waals surface area contributed by atoms with E-state index in [2.05, 4.69) is 43.4 Å². The van der Waals surface area contributed by atoms with Gasteiger partial charge in [-0.3, -0.25) is 4.79 Å². The molecule has 0 aromatic heterocycles. The van der Waals surface area contributed by atoms with Crippen molar-refractivity contribution in [1.82, 2.24) is 5.32 Å². The van der Waals surface area contributed by atoms with E-state index in [1.54, 1.807) is 0 Å². The molecule has 1 aromatic carbocycles. The zero-order valence-corrected chi connectivity index (χ0v) is 14.5. The number of nitrogens with one attached hydrogen (secondary N) is 1. The fourth-order valence-electron chi connectivity index (χ4n) is 2.97. The van der Waals surface area contributed by atoms with Crippen LogP contribution in [0.1, 0.15) is 56.6 Å². The van der Waals surface area contributed by atoms with E-state index in [0.29, 0.717) is 5.92 Å². The van der Waals surface area contributed by atoms with E-state index in [1.807, 2.05) is 0 Å². The number of carbonyl (C=O) groups excluding carboxylic acids is 1. The van der Waals surface area contributed by atoms with Crippen molar-refractivity contribution in [3.63, 3.8) is 0 Å². The van der Waals surface area contributed by atoms with Gasteiger partial charge in [0.25, 0.3) is 0 Å². The number of halogens is 1. The van der Waals surface area contributed by atoms with Crippen LogP contribution in [0.15, 0.2) is 24.3 Å². The van der Waals surface area contributed by atoms with Gasteiger partial charge in [0.15, 0.2) is 0 Å². The van der Waals surface area contributed by atoms with Crippen molar-refractivity contribution in [2.24, 2.45) is 11.7 Å². The molecular formula is C18H29ClN2O. The molecule has 1 aliphatic rings. The fourth-order valence-corrected chi connectivity index (χ4v) is 2.97. The summed E-state index contributed by atoms with van der Waals surface area (Å²) in [6.07, 6.45) is 4.79. The molecule has 0 bridgehead atoms. The van der Waals surface area contributed by atoms with Crippen LogP contribution < -0.4 is 11.1 Å². The molecule has 1 fully saturated rings. The van der Waals surface area contributed by atoms with Crippen molar-refractivity contribution in [3.8, 4) is 0 Å². The minimum atomic E-state index is 0. The Morgan fingerprint density at radius 2 is 1.95 bits per heavy atom. The number of benzene rings is 1. The maximum atomic E-state index is 12.0. The van der Waals surface area contributed by atoms with Crippen molar-refractivity contribution in [1.29, 1.82) is 0 Å². The fraction of sp³-hybridized carbons (Fsp3) is 0.611. The lowest BCUT2D eigenvalue weighted by molar-refractivity contribution is -0.124. The van der Waals surface area contributed by atoms with E-state index in [-0.39, 0.29) is 30.3 Å². The van der Waals surface area contributed by atoms with Gasteiger partial charge in [0.05, 0.1) is 0 Å². The largest absolute Gasteiger partial charge is 0.356 e. The topological polar surface area (TPSA) is 55.1 Å². The number of nitrogens with two attached hydrogens (primary N) is 1. The highest BCUT2D eigenvalue weighted by atomic mass is 35.5. The number of amides is 1. The van der Waals surface area contributed by atoms with Gasteiger partial charge in [-0.25, -0.2) is 0 Å². The molecule has 0 spiro atoms. The SMILES string of the molecule is CC(C)c1ccc(CCCNC(=O)C2CCC(N)C2)cc1.Cl. The van der Waals surface area contributed by atoms with Crippen molar-refractivity contribution >= 4 is 18.3 Å². The van der Waals surface area contributed by atoms with Gasteiger partial charge in [-0.1, -0.05) is 38.1 Å². The summed E-state index contributed by atoms with van der Waals surface area (Å²) in [6.45, 7) is 5.18. The number of rotatable bonds is 6. The summed E-state index contributed by atoms with van der Waals surface area (Å²) in [5, 5.41) is 3.05. The molecule has 1 amide bonds. The maximum Gasteiger partial charge on any atom is 0.223 e.